The second kappa shape index (κ2) is 5.32. The van der Waals surface area contributed by atoms with Gasteiger partial charge in [-0.05, 0) is 51.2 Å². The number of benzene rings is 1. The summed E-state index contributed by atoms with van der Waals surface area (Å²) >= 11 is 0. The van der Waals surface area contributed by atoms with Gasteiger partial charge in [0, 0.05) is 30.9 Å². The molecule has 92 valence electrons. The highest BCUT2D eigenvalue weighted by Crippen LogP contribution is 2.17. The van der Waals surface area contributed by atoms with Gasteiger partial charge in [-0.1, -0.05) is 0 Å². The lowest BCUT2D eigenvalue weighted by molar-refractivity contribution is 0.101. The number of carbonyl (C=O) groups is 1. The normalized spacial score (nSPS) is 17.9. The summed E-state index contributed by atoms with van der Waals surface area (Å²) in [4.78, 5) is 16.0. The van der Waals surface area contributed by atoms with Crippen molar-refractivity contribution in [3.05, 3.63) is 29.8 Å². The number of anilines is 1. The molecule has 1 saturated heterocycles. The zero-order chi connectivity index (χ0) is 12.3. The second-order valence-corrected chi connectivity index (χ2v) is 4.75. The molecule has 1 fully saturated rings. The molecule has 0 radical (unpaired) electrons. The van der Waals surface area contributed by atoms with Gasteiger partial charge in [0.2, 0.25) is 0 Å². The highest BCUT2D eigenvalue weighted by molar-refractivity contribution is 5.94. The van der Waals surface area contributed by atoms with Crippen molar-refractivity contribution in [2.45, 2.75) is 13.3 Å². The number of rotatable bonds is 2. The van der Waals surface area contributed by atoms with Gasteiger partial charge in [-0.25, -0.2) is 0 Å². The summed E-state index contributed by atoms with van der Waals surface area (Å²) in [5.41, 5.74) is 2.02. The molecule has 0 N–H and O–H groups in total. The van der Waals surface area contributed by atoms with Crippen LogP contribution in [0.1, 0.15) is 23.7 Å². The molecule has 1 aromatic carbocycles. The van der Waals surface area contributed by atoms with Crippen molar-refractivity contribution >= 4 is 11.5 Å². The molecule has 0 atom stereocenters. The first-order valence-corrected chi connectivity index (χ1v) is 6.21. The van der Waals surface area contributed by atoms with E-state index in [1.165, 1.54) is 18.7 Å². The smallest absolute Gasteiger partial charge is 0.159 e. The van der Waals surface area contributed by atoms with E-state index in [9.17, 15) is 4.79 Å². The van der Waals surface area contributed by atoms with E-state index in [1.807, 2.05) is 12.1 Å². The Kier molecular flexibility index (Phi) is 3.79. The number of hydrogen-bond acceptors (Lipinski definition) is 3. The lowest BCUT2D eigenvalue weighted by atomic mass is 10.1. The predicted molar refractivity (Wildman–Crippen MR) is 70.8 cm³/mol. The third-order valence-corrected chi connectivity index (χ3v) is 3.36. The van der Waals surface area contributed by atoms with Crippen molar-refractivity contribution in [1.29, 1.82) is 0 Å². The van der Waals surface area contributed by atoms with E-state index in [4.69, 9.17) is 0 Å². The quantitative estimate of drug-likeness (QED) is 0.729. The largest absolute Gasteiger partial charge is 0.370 e. The summed E-state index contributed by atoms with van der Waals surface area (Å²) in [5.74, 6) is 0.132. The third kappa shape index (κ3) is 3.07. The van der Waals surface area contributed by atoms with Gasteiger partial charge in [0.1, 0.15) is 0 Å². The molecule has 0 spiro atoms. The Labute approximate surface area is 103 Å². The first-order chi connectivity index (χ1) is 8.16. The van der Waals surface area contributed by atoms with Crippen LogP contribution in [0, 0.1) is 0 Å². The maximum Gasteiger partial charge on any atom is 0.159 e. The Hall–Kier alpha value is -1.35. The lowest BCUT2D eigenvalue weighted by Crippen LogP contribution is -2.28. The van der Waals surface area contributed by atoms with E-state index in [-0.39, 0.29) is 5.78 Å². The average molecular weight is 232 g/mol. The van der Waals surface area contributed by atoms with Crippen LogP contribution in [0.4, 0.5) is 5.69 Å². The van der Waals surface area contributed by atoms with E-state index >= 15 is 0 Å². The Morgan fingerprint density at radius 3 is 2.41 bits per heavy atom. The fraction of sp³-hybridized carbons (Fsp3) is 0.500. The average Bonchev–Trinajstić information content (AvgIpc) is 2.54. The minimum absolute atomic E-state index is 0.132. The van der Waals surface area contributed by atoms with Crippen LogP contribution in [-0.4, -0.2) is 43.9 Å². The Bertz CT molecular complexity index is 386. The van der Waals surface area contributed by atoms with Crippen LogP contribution < -0.4 is 4.90 Å². The van der Waals surface area contributed by atoms with Gasteiger partial charge in [0.15, 0.2) is 5.78 Å². The Balaban J connectivity index is 2.08. The molecule has 17 heavy (non-hydrogen) atoms. The molecule has 0 bridgehead atoms. The van der Waals surface area contributed by atoms with Crippen molar-refractivity contribution in [3.63, 3.8) is 0 Å². The molecular formula is C14H20N2O. The van der Waals surface area contributed by atoms with Crippen molar-refractivity contribution in [1.82, 2.24) is 4.90 Å². The number of ketones is 1. The van der Waals surface area contributed by atoms with Crippen LogP contribution >= 0.6 is 0 Å². The van der Waals surface area contributed by atoms with Crippen molar-refractivity contribution in [2.75, 3.05) is 38.1 Å². The maximum atomic E-state index is 11.2. The zero-order valence-electron chi connectivity index (χ0n) is 10.6. The molecule has 1 heterocycles. The molecule has 1 aliphatic heterocycles. The molecule has 0 saturated carbocycles. The lowest BCUT2D eigenvalue weighted by Gasteiger charge is -2.22. The summed E-state index contributed by atoms with van der Waals surface area (Å²) in [7, 11) is 2.17. The minimum Gasteiger partial charge on any atom is -0.370 e. The second-order valence-electron chi connectivity index (χ2n) is 4.75. The molecule has 1 aromatic rings. The summed E-state index contributed by atoms with van der Waals surface area (Å²) in [5, 5.41) is 0. The van der Waals surface area contributed by atoms with E-state index in [0.717, 1.165) is 25.2 Å². The summed E-state index contributed by atoms with van der Waals surface area (Å²) in [6, 6.07) is 7.96. The van der Waals surface area contributed by atoms with Crippen LogP contribution in [0.15, 0.2) is 24.3 Å². The number of nitrogens with zero attached hydrogens (tertiary/aromatic N) is 2. The first kappa shape index (κ1) is 12.1. The van der Waals surface area contributed by atoms with Crippen molar-refractivity contribution in [2.24, 2.45) is 0 Å². The maximum absolute atomic E-state index is 11.2. The molecule has 0 unspecified atom stereocenters. The van der Waals surface area contributed by atoms with E-state index in [2.05, 4.69) is 29.0 Å². The number of carbonyl (C=O) groups excluding carboxylic acids is 1. The molecule has 0 amide bonds. The number of Topliss-reactive ketones (excluding diaryl/α,β-unsaturated/α-hetero) is 1. The summed E-state index contributed by atoms with van der Waals surface area (Å²) in [6.45, 7) is 6.05. The predicted octanol–water partition coefficient (Wildman–Crippen LogP) is 2.03. The SMILES string of the molecule is CC(=O)c1ccc(N2CCCN(C)CC2)cc1. The first-order valence-electron chi connectivity index (χ1n) is 6.21. The van der Waals surface area contributed by atoms with Crippen LogP contribution in [-0.2, 0) is 0 Å². The van der Waals surface area contributed by atoms with Crippen LogP contribution in [0.25, 0.3) is 0 Å². The fourth-order valence-electron chi connectivity index (χ4n) is 2.21. The van der Waals surface area contributed by atoms with Gasteiger partial charge >= 0.3 is 0 Å². The van der Waals surface area contributed by atoms with E-state index in [1.54, 1.807) is 6.92 Å². The molecule has 0 aliphatic carbocycles. The molecule has 3 nitrogen and oxygen atoms in total. The van der Waals surface area contributed by atoms with Gasteiger partial charge in [-0.15, -0.1) is 0 Å². The molecule has 3 heteroatoms. The standard InChI is InChI=1S/C14H20N2O/c1-12(17)13-4-6-14(7-5-13)16-9-3-8-15(2)10-11-16/h4-7H,3,8-11H2,1-2H3. The topological polar surface area (TPSA) is 23.6 Å². The van der Waals surface area contributed by atoms with Crippen molar-refractivity contribution < 1.29 is 4.79 Å². The summed E-state index contributed by atoms with van der Waals surface area (Å²) in [6.07, 6.45) is 1.20. The highest BCUT2D eigenvalue weighted by Gasteiger charge is 2.12. The van der Waals surface area contributed by atoms with Gasteiger partial charge in [-0.3, -0.25) is 4.79 Å². The number of hydrogen-bond donors (Lipinski definition) is 0. The van der Waals surface area contributed by atoms with Gasteiger partial charge in [0.25, 0.3) is 0 Å². The summed E-state index contributed by atoms with van der Waals surface area (Å²) < 4.78 is 0. The van der Waals surface area contributed by atoms with Crippen molar-refractivity contribution in [3.8, 4) is 0 Å². The fourth-order valence-corrected chi connectivity index (χ4v) is 2.21. The molecule has 0 aromatic heterocycles. The van der Waals surface area contributed by atoms with Crippen LogP contribution in [0.5, 0.6) is 0 Å². The molecule has 2 rings (SSSR count). The number of likely N-dealkylation sites (N-methyl/N-ethyl adjacent to an activating group) is 1. The zero-order valence-corrected chi connectivity index (χ0v) is 10.6. The Morgan fingerprint density at radius 1 is 1.06 bits per heavy atom. The van der Waals surface area contributed by atoms with E-state index in [0.29, 0.717) is 0 Å². The minimum atomic E-state index is 0.132. The van der Waals surface area contributed by atoms with Gasteiger partial charge in [-0.2, -0.15) is 0 Å². The molecule has 1 aliphatic rings. The van der Waals surface area contributed by atoms with Gasteiger partial charge in [0.05, 0.1) is 0 Å². The van der Waals surface area contributed by atoms with E-state index < -0.39 is 0 Å². The Morgan fingerprint density at radius 2 is 1.76 bits per heavy atom. The highest BCUT2D eigenvalue weighted by atomic mass is 16.1. The van der Waals surface area contributed by atoms with Gasteiger partial charge < -0.3 is 9.80 Å². The van der Waals surface area contributed by atoms with Crippen LogP contribution in [0.3, 0.4) is 0 Å². The monoisotopic (exact) mass is 232 g/mol. The molecular weight excluding hydrogens is 212 g/mol. The van der Waals surface area contributed by atoms with Crippen LogP contribution in [0.2, 0.25) is 0 Å². The third-order valence-electron chi connectivity index (χ3n) is 3.36.